The quantitative estimate of drug-likeness (QED) is 0.535. The number of anilines is 1. The Kier molecular flexibility index (Phi) is 5.73. The highest BCUT2D eigenvalue weighted by atomic mass is 16.4. The molecule has 2 aliphatic rings. The summed E-state index contributed by atoms with van der Waals surface area (Å²) >= 11 is 0. The zero-order valence-electron chi connectivity index (χ0n) is 19.6. The average molecular weight is 470 g/mol. The van der Waals surface area contributed by atoms with Crippen molar-refractivity contribution in [2.45, 2.75) is 38.3 Å². The number of rotatable bonds is 6. The fourth-order valence-corrected chi connectivity index (χ4v) is 5.73. The van der Waals surface area contributed by atoms with Crippen LogP contribution in [-0.4, -0.2) is 27.9 Å². The number of carbonyl (C=O) groups excluding carboxylic acids is 2. The number of aryl methyl sites for hydroxylation is 2. The van der Waals surface area contributed by atoms with Crippen LogP contribution in [0.1, 0.15) is 42.3 Å². The second kappa shape index (κ2) is 8.74. The number of nitrogens with one attached hydrogen (secondary N) is 1. The molecule has 178 valence electrons. The summed E-state index contributed by atoms with van der Waals surface area (Å²) in [5, 5.41) is 13.8. The predicted molar refractivity (Wildman–Crippen MR) is 131 cm³/mol. The number of hydrogen-bond acceptors (Lipinski definition) is 5. The van der Waals surface area contributed by atoms with Gasteiger partial charge in [0.2, 0.25) is 11.8 Å². The van der Waals surface area contributed by atoms with E-state index in [0.717, 1.165) is 11.1 Å². The maximum atomic E-state index is 14.2. The summed E-state index contributed by atoms with van der Waals surface area (Å²) in [7, 11) is 0. The van der Waals surface area contributed by atoms with Crippen molar-refractivity contribution in [3.05, 3.63) is 95.3 Å². The van der Waals surface area contributed by atoms with Crippen LogP contribution in [0.2, 0.25) is 0 Å². The number of aliphatic carboxylic acids is 1. The summed E-state index contributed by atoms with van der Waals surface area (Å²) in [6, 6.07) is 19.0. The molecule has 3 aromatic rings. The number of carboxylic acid groups (broad SMARTS) is 1. The van der Waals surface area contributed by atoms with Crippen molar-refractivity contribution < 1.29 is 19.5 Å². The summed E-state index contributed by atoms with van der Waals surface area (Å²) < 4.78 is 0. The number of para-hydroxylation sites is 1. The molecule has 4 atom stereocenters. The Morgan fingerprint density at radius 1 is 0.943 bits per heavy atom. The van der Waals surface area contributed by atoms with Gasteiger partial charge in [0.25, 0.3) is 0 Å². The third-order valence-electron chi connectivity index (χ3n) is 7.32. The van der Waals surface area contributed by atoms with Gasteiger partial charge >= 0.3 is 5.97 Å². The maximum Gasteiger partial charge on any atom is 0.329 e. The molecule has 0 aliphatic carbocycles. The van der Waals surface area contributed by atoms with E-state index in [9.17, 15) is 19.5 Å². The summed E-state index contributed by atoms with van der Waals surface area (Å²) in [5.74, 6) is -4.12. The Morgan fingerprint density at radius 3 is 2.17 bits per heavy atom. The first kappa shape index (κ1) is 22.9. The molecular formula is C28H27N3O4. The van der Waals surface area contributed by atoms with E-state index in [1.165, 1.54) is 4.90 Å². The number of amides is 2. The molecule has 2 aromatic carbocycles. The van der Waals surface area contributed by atoms with E-state index in [1.807, 2.05) is 32.0 Å². The molecule has 35 heavy (non-hydrogen) atoms. The largest absolute Gasteiger partial charge is 0.480 e. The van der Waals surface area contributed by atoms with Crippen LogP contribution >= 0.6 is 0 Å². The molecule has 4 unspecified atom stereocenters. The van der Waals surface area contributed by atoms with E-state index >= 15 is 0 Å². The van der Waals surface area contributed by atoms with Gasteiger partial charge in [-0.1, -0.05) is 68.4 Å². The molecule has 0 saturated carbocycles. The lowest BCUT2D eigenvalue weighted by Gasteiger charge is -2.32. The van der Waals surface area contributed by atoms with Gasteiger partial charge in [0.15, 0.2) is 5.54 Å². The van der Waals surface area contributed by atoms with E-state index in [4.69, 9.17) is 0 Å². The second-order valence-electron chi connectivity index (χ2n) is 9.00. The second-order valence-corrected chi connectivity index (χ2v) is 9.00. The van der Waals surface area contributed by atoms with Crippen molar-refractivity contribution in [1.82, 2.24) is 10.3 Å². The lowest BCUT2D eigenvalue weighted by Crippen LogP contribution is -2.53. The van der Waals surface area contributed by atoms with Crippen molar-refractivity contribution in [2.75, 3.05) is 4.90 Å². The zero-order valence-corrected chi connectivity index (χ0v) is 19.6. The van der Waals surface area contributed by atoms with E-state index in [0.29, 0.717) is 29.8 Å². The molecule has 7 nitrogen and oxygen atoms in total. The van der Waals surface area contributed by atoms with Crippen molar-refractivity contribution in [3.63, 3.8) is 0 Å². The van der Waals surface area contributed by atoms with Crippen LogP contribution in [0.5, 0.6) is 0 Å². The van der Waals surface area contributed by atoms with E-state index in [2.05, 4.69) is 10.3 Å². The van der Waals surface area contributed by atoms with Crippen LogP contribution < -0.4 is 10.2 Å². The molecule has 3 heterocycles. The van der Waals surface area contributed by atoms with Crippen LogP contribution in [0, 0.1) is 11.8 Å². The number of carbonyl (C=O) groups is 3. The van der Waals surface area contributed by atoms with Gasteiger partial charge in [0, 0.05) is 6.20 Å². The first-order chi connectivity index (χ1) is 17.0. The molecule has 2 N–H and O–H groups in total. The fraction of sp³-hybridized carbons (Fsp3) is 0.286. The molecular weight excluding hydrogens is 442 g/mol. The van der Waals surface area contributed by atoms with E-state index in [1.54, 1.807) is 54.7 Å². The first-order valence-corrected chi connectivity index (χ1v) is 11.9. The SMILES string of the molecule is CCc1cccc(CC)c1N1C(=O)C2C(c3ccccn3)NC(C(=O)O)(c3ccccc3)C2C1=O. The van der Waals surface area contributed by atoms with E-state index in [-0.39, 0.29) is 0 Å². The topological polar surface area (TPSA) is 99.6 Å². The van der Waals surface area contributed by atoms with Gasteiger partial charge in [-0.25, -0.2) is 9.69 Å². The summed E-state index contributed by atoms with van der Waals surface area (Å²) in [6.45, 7) is 3.96. The van der Waals surface area contributed by atoms with Gasteiger partial charge in [0.05, 0.1) is 29.3 Å². The number of fused-ring (bicyclic) bond motifs is 1. The van der Waals surface area contributed by atoms with Crippen LogP contribution in [0.25, 0.3) is 0 Å². The van der Waals surface area contributed by atoms with Gasteiger partial charge in [-0.15, -0.1) is 0 Å². The number of imide groups is 1. The number of pyridine rings is 1. The van der Waals surface area contributed by atoms with Gasteiger partial charge in [0.1, 0.15) is 0 Å². The van der Waals surface area contributed by atoms with Crippen molar-refractivity contribution in [3.8, 4) is 0 Å². The Morgan fingerprint density at radius 2 is 1.60 bits per heavy atom. The van der Waals surface area contributed by atoms with Crippen molar-refractivity contribution in [2.24, 2.45) is 11.8 Å². The highest BCUT2D eigenvalue weighted by molar-refractivity contribution is 6.25. The number of aromatic nitrogens is 1. The van der Waals surface area contributed by atoms with Gasteiger partial charge < -0.3 is 5.11 Å². The Balaban J connectivity index is 1.75. The molecule has 0 radical (unpaired) electrons. The van der Waals surface area contributed by atoms with Crippen LogP contribution in [-0.2, 0) is 32.8 Å². The average Bonchev–Trinajstić information content (AvgIpc) is 3.39. The lowest BCUT2D eigenvalue weighted by molar-refractivity contribution is -0.149. The smallest absolute Gasteiger partial charge is 0.329 e. The van der Waals surface area contributed by atoms with Gasteiger partial charge in [-0.05, 0) is 41.7 Å². The molecule has 2 aliphatic heterocycles. The van der Waals surface area contributed by atoms with Crippen molar-refractivity contribution >= 4 is 23.5 Å². The minimum Gasteiger partial charge on any atom is -0.480 e. The highest BCUT2D eigenvalue weighted by Crippen LogP contribution is 2.54. The summed E-state index contributed by atoms with van der Waals surface area (Å²) in [5.41, 5.74) is 1.55. The van der Waals surface area contributed by atoms with Gasteiger partial charge in [-0.3, -0.25) is 19.9 Å². The van der Waals surface area contributed by atoms with Crippen molar-refractivity contribution in [1.29, 1.82) is 0 Å². The zero-order chi connectivity index (χ0) is 24.7. The van der Waals surface area contributed by atoms with Crippen LogP contribution in [0.3, 0.4) is 0 Å². The Bertz CT molecular complexity index is 1270. The molecule has 2 saturated heterocycles. The molecule has 2 amide bonds. The highest BCUT2D eigenvalue weighted by Gasteiger charge is 2.69. The standard InChI is InChI=1S/C28H27N3O4/c1-3-17-11-10-12-18(4-2)24(17)31-25(32)21-22(26(31)33)28(27(34)35,19-13-6-5-7-14-19)30-23(21)20-15-8-9-16-29-20/h5-16,21-23,30H,3-4H2,1-2H3,(H,34,35). The normalized spacial score (nSPS) is 25.7. The summed E-state index contributed by atoms with van der Waals surface area (Å²) in [6.07, 6.45) is 2.89. The first-order valence-electron chi connectivity index (χ1n) is 11.9. The maximum absolute atomic E-state index is 14.2. The Labute approximate surface area is 203 Å². The minimum absolute atomic E-state index is 0.391. The number of hydrogen-bond donors (Lipinski definition) is 2. The number of carboxylic acids is 1. The van der Waals surface area contributed by atoms with Crippen LogP contribution in [0.15, 0.2) is 72.9 Å². The molecule has 2 fully saturated rings. The Hall–Kier alpha value is -3.84. The fourth-order valence-electron chi connectivity index (χ4n) is 5.73. The van der Waals surface area contributed by atoms with E-state index < -0.39 is 41.2 Å². The lowest BCUT2D eigenvalue weighted by atomic mass is 9.75. The third kappa shape index (κ3) is 3.30. The monoisotopic (exact) mass is 469 g/mol. The molecule has 0 bridgehead atoms. The van der Waals surface area contributed by atoms with Crippen LogP contribution in [0.4, 0.5) is 5.69 Å². The minimum atomic E-state index is -1.77. The molecule has 1 aromatic heterocycles. The third-order valence-corrected chi connectivity index (χ3v) is 7.32. The number of nitrogens with zero attached hydrogens (tertiary/aromatic N) is 2. The predicted octanol–water partition coefficient (Wildman–Crippen LogP) is 3.64. The molecule has 5 rings (SSSR count). The molecule has 0 spiro atoms. The van der Waals surface area contributed by atoms with Gasteiger partial charge in [-0.2, -0.15) is 0 Å². The summed E-state index contributed by atoms with van der Waals surface area (Å²) in [4.78, 5) is 47.0. The number of benzene rings is 2. The molecule has 7 heteroatoms.